The number of nitrogens with two attached hydrogens (primary N) is 1. The minimum absolute atomic E-state index is 0.455. The van der Waals surface area contributed by atoms with E-state index >= 15 is 0 Å². The fourth-order valence-corrected chi connectivity index (χ4v) is 2.56. The Morgan fingerprint density at radius 1 is 1.42 bits per heavy atom. The predicted molar refractivity (Wildman–Crippen MR) is 75.9 cm³/mol. The summed E-state index contributed by atoms with van der Waals surface area (Å²) >= 11 is 1.56. The molecule has 0 saturated heterocycles. The van der Waals surface area contributed by atoms with E-state index in [0.717, 1.165) is 16.2 Å². The van der Waals surface area contributed by atoms with Crippen LogP contribution >= 0.6 is 11.8 Å². The average Bonchev–Trinajstić information content (AvgIpc) is 2.46. The lowest BCUT2D eigenvalue weighted by molar-refractivity contribution is 0.414. The minimum Gasteiger partial charge on any atom is -0.497 e. The fourth-order valence-electron chi connectivity index (χ4n) is 1.58. The number of methoxy groups -OCH3 is 1. The Morgan fingerprint density at radius 2 is 2.26 bits per heavy atom. The van der Waals surface area contributed by atoms with Crippen LogP contribution in [0.1, 0.15) is 11.3 Å². The van der Waals surface area contributed by atoms with Crippen LogP contribution < -0.4 is 10.5 Å². The lowest BCUT2D eigenvalue weighted by Gasteiger charge is -2.08. The predicted octanol–water partition coefficient (Wildman–Crippen LogP) is 2.84. The van der Waals surface area contributed by atoms with Crippen LogP contribution in [0.25, 0.3) is 0 Å². The van der Waals surface area contributed by atoms with Crippen molar-refractivity contribution in [3.8, 4) is 11.8 Å². The third kappa shape index (κ3) is 3.18. The molecule has 0 aliphatic rings. The minimum atomic E-state index is 0.455. The zero-order valence-electron chi connectivity index (χ0n) is 10.5. The molecule has 0 atom stereocenters. The van der Waals surface area contributed by atoms with Crippen molar-refractivity contribution in [3.05, 3.63) is 47.8 Å². The molecule has 2 N–H and O–H groups in total. The van der Waals surface area contributed by atoms with Gasteiger partial charge in [0.05, 0.1) is 7.11 Å². The zero-order chi connectivity index (χ0) is 13.7. The van der Waals surface area contributed by atoms with Crippen molar-refractivity contribution in [3.63, 3.8) is 0 Å². The molecular weight excluding hydrogens is 258 g/mol. The molecule has 96 valence electrons. The van der Waals surface area contributed by atoms with Crippen molar-refractivity contribution in [1.82, 2.24) is 4.98 Å². The zero-order valence-corrected chi connectivity index (χ0v) is 11.3. The first kappa shape index (κ1) is 13.2. The Balaban J connectivity index is 2.17. The monoisotopic (exact) mass is 271 g/mol. The molecule has 2 aromatic rings. The number of nitrogens with zero attached hydrogens (tertiary/aromatic N) is 2. The maximum atomic E-state index is 8.99. The summed E-state index contributed by atoms with van der Waals surface area (Å²) in [5, 5.41) is 8.99. The Bertz CT molecular complexity index is 622. The van der Waals surface area contributed by atoms with Crippen LogP contribution in [0, 0.1) is 11.3 Å². The van der Waals surface area contributed by atoms with Gasteiger partial charge in [0.2, 0.25) is 0 Å². The first-order valence-electron chi connectivity index (χ1n) is 5.65. The van der Waals surface area contributed by atoms with Gasteiger partial charge in [-0.05, 0) is 29.8 Å². The van der Waals surface area contributed by atoms with E-state index in [0.29, 0.717) is 17.1 Å². The van der Waals surface area contributed by atoms with Crippen LogP contribution in [0.2, 0.25) is 0 Å². The molecule has 0 radical (unpaired) electrons. The van der Waals surface area contributed by atoms with Crippen molar-refractivity contribution >= 4 is 17.4 Å². The molecule has 0 spiro atoms. The van der Waals surface area contributed by atoms with Crippen LogP contribution in [0.4, 0.5) is 5.69 Å². The van der Waals surface area contributed by atoms with Gasteiger partial charge in [0.25, 0.3) is 0 Å². The average molecular weight is 271 g/mol. The van der Waals surface area contributed by atoms with Crippen LogP contribution in [0.3, 0.4) is 0 Å². The number of nitriles is 1. The summed E-state index contributed by atoms with van der Waals surface area (Å²) in [5.74, 6) is 1.41. The molecule has 1 aromatic heterocycles. The molecule has 0 aliphatic heterocycles. The van der Waals surface area contributed by atoms with Crippen molar-refractivity contribution in [2.75, 3.05) is 12.8 Å². The smallest absolute Gasteiger partial charge is 0.144 e. The van der Waals surface area contributed by atoms with Crippen LogP contribution in [-0.2, 0) is 5.75 Å². The molecule has 1 aromatic carbocycles. The topological polar surface area (TPSA) is 71.9 Å². The highest BCUT2D eigenvalue weighted by molar-refractivity contribution is 7.98. The molecule has 1 heterocycles. The Morgan fingerprint density at radius 3 is 3.00 bits per heavy atom. The lowest BCUT2D eigenvalue weighted by Crippen LogP contribution is -1.93. The van der Waals surface area contributed by atoms with E-state index in [4.69, 9.17) is 15.7 Å². The second kappa shape index (κ2) is 6.12. The van der Waals surface area contributed by atoms with Crippen LogP contribution in [0.5, 0.6) is 5.75 Å². The molecule has 2 rings (SSSR count). The van der Waals surface area contributed by atoms with Gasteiger partial charge < -0.3 is 10.5 Å². The number of anilines is 1. The van der Waals surface area contributed by atoms with Gasteiger partial charge in [-0.15, -0.1) is 11.8 Å². The standard InChI is InChI=1S/C14H13N3OS/c1-18-11-4-5-12(16)14(7-11)19-9-10-3-2-6-17-13(10)8-15/h2-7H,9,16H2,1H3. The third-order valence-electron chi connectivity index (χ3n) is 2.60. The fraction of sp³-hybridized carbons (Fsp3) is 0.143. The number of ether oxygens (including phenoxy) is 1. The summed E-state index contributed by atoms with van der Waals surface area (Å²) in [6, 6.07) is 11.3. The summed E-state index contributed by atoms with van der Waals surface area (Å²) in [6.07, 6.45) is 1.62. The highest BCUT2D eigenvalue weighted by Crippen LogP contribution is 2.31. The second-order valence-electron chi connectivity index (χ2n) is 3.82. The van der Waals surface area contributed by atoms with E-state index in [-0.39, 0.29) is 0 Å². The quantitative estimate of drug-likeness (QED) is 0.684. The summed E-state index contributed by atoms with van der Waals surface area (Å²) < 4.78 is 5.17. The van der Waals surface area contributed by atoms with Gasteiger partial charge in [0, 0.05) is 22.5 Å². The lowest BCUT2D eigenvalue weighted by atomic mass is 10.2. The Hall–Kier alpha value is -2.19. The molecule has 0 bridgehead atoms. The molecule has 0 fully saturated rings. The van der Waals surface area contributed by atoms with Crippen molar-refractivity contribution in [2.45, 2.75) is 10.6 Å². The number of pyridine rings is 1. The van der Waals surface area contributed by atoms with Crippen LogP contribution in [0.15, 0.2) is 41.4 Å². The number of aromatic nitrogens is 1. The number of hydrogen-bond donors (Lipinski definition) is 1. The van der Waals surface area contributed by atoms with E-state index in [1.807, 2.05) is 30.3 Å². The largest absolute Gasteiger partial charge is 0.497 e. The SMILES string of the molecule is COc1ccc(N)c(SCc2cccnc2C#N)c1. The van der Waals surface area contributed by atoms with Gasteiger partial charge in [0.1, 0.15) is 17.5 Å². The van der Waals surface area contributed by atoms with Gasteiger partial charge in [-0.1, -0.05) is 6.07 Å². The van der Waals surface area contributed by atoms with E-state index in [1.54, 1.807) is 25.1 Å². The summed E-state index contributed by atoms with van der Waals surface area (Å²) in [6.45, 7) is 0. The summed E-state index contributed by atoms with van der Waals surface area (Å²) in [5.41, 5.74) is 7.98. The molecule has 0 unspecified atom stereocenters. The molecular formula is C14H13N3OS. The van der Waals surface area contributed by atoms with Crippen molar-refractivity contribution < 1.29 is 4.74 Å². The van der Waals surface area contributed by atoms with Gasteiger partial charge in [-0.25, -0.2) is 4.98 Å². The maximum Gasteiger partial charge on any atom is 0.144 e. The molecule has 0 saturated carbocycles. The number of benzene rings is 1. The highest BCUT2D eigenvalue weighted by atomic mass is 32.2. The Labute approximate surface area is 116 Å². The van der Waals surface area contributed by atoms with Crippen molar-refractivity contribution in [1.29, 1.82) is 5.26 Å². The number of rotatable bonds is 4. The van der Waals surface area contributed by atoms with Crippen molar-refractivity contribution in [2.24, 2.45) is 0 Å². The van der Waals surface area contributed by atoms with E-state index < -0.39 is 0 Å². The molecule has 19 heavy (non-hydrogen) atoms. The molecule has 5 heteroatoms. The van der Waals surface area contributed by atoms with Gasteiger partial charge >= 0.3 is 0 Å². The molecule has 0 aliphatic carbocycles. The summed E-state index contributed by atoms with van der Waals surface area (Å²) in [7, 11) is 1.62. The molecule has 4 nitrogen and oxygen atoms in total. The van der Waals surface area contributed by atoms with Gasteiger partial charge in [0.15, 0.2) is 0 Å². The molecule has 0 amide bonds. The van der Waals surface area contributed by atoms with Gasteiger partial charge in [-0.3, -0.25) is 0 Å². The maximum absolute atomic E-state index is 8.99. The highest BCUT2D eigenvalue weighted by Gasteiger charge is 2.06. The number of nitrogen functional groups attached to an aromatic ring is 1. The van der Waals surface area contributed by atoms with Crippen LogP contribution in [-0.4, -0.2) is 12.1 Å². The van der Waals surface area contributed by atoms with E-state index in [9.17, 15) is 0 Å². The Kier molecular flexibility index (Phi) is 4.26. The third-order valence-corrected chi connectivity index (χ3v) is 3.72. The first-order chi connectivity index (χ1) is 9.24. The number of hydrogen-bond acceptors (Lipinski definition) is 5. The van der Waals surface area contributed by atoms with Gasteiger partial charge in [-0.2, -0.15) is 5.26 Å². The van der Waals surface area contributed by atoms with E-state index in [2.05, 4.69) is 11.1 Å². The summed E-state index contributed by atoms with van der Waals surface area (Å²) in [4.78, 5) is 4.97. The van der Waals surface area contributed by atoms with E-state index in [1.165, 1.54) is 0 Å². The second-order valence-corrected chi connectivity index (χ2v) is 4.83. The normalized spacial score (nSPS) is 9.89. The first-order valence-corrected chi connectivity index (χ1v) is 6.63. The number of thioether (sulfide) groups is 1.